The van der Waals surface area contributed by atoms with E-state index >= 15 is 0 Å². The molecule has 1 aliphatic heterocycles. The zero-order valence-corrected chi connectivity index (χ0v) is 15.7. The molecule has 27 heavy (non-hydrogen) atoms. The topological polar surface area (TPSA) is 41.8 Å². The van der Waals surface area contributed by atoms with E-state index < -0.39 is 21.8 Å². The average Bonchev–Trinajstić information content (AvgIpc) is 2.67. The first-order chi connectivity index (χ1) is 12.7. The summed E-state index contributed by atoms with van der Waals surface area (Å²) in [7, 11) is -3.79. The van der Waals surface area contributed by atoms with Gasteiger partial charge in [0, 0.05) is 5.56 Å². The molecule has 1 N–H and O–H groups in total. The predicted octanol–water partition coefficient (Wildman–Crippen LogP) is 2.36. The lowest BCUT2D eigenvalue weighted by molar-refractivity contribution is -0.933. The van der Waals surface area contributed by atoms with Crippen LogP contribution < -0.4 is 4.90 Å². The third-order valence-corrected chi connectivity index (χ3v) is 7.01. The Morgan fingerprint density at radius 3 is 2.04 bits per heavy atom. The van der Waals surface area contributed by atoms with Crippen molar-refractivity contribution in [3.05, 3.63) is 65.7 Å². The summed E-state index contributed by atoms with van der Waals surface area (Å²) < 4.78 is 64.8. The largest absolute Gasteiger partial charge is 0.416 e. The first-order valence-electron chi connectivity index (χ1n) is 8.76. The molecule has 146 valence electrons. The fourth-order valence-electron chi connectivity index (χ4n) is 3.39. The zero-order chi connectivity index (χ0) is 19.7. The molecule has 0 radical (unpaired) electrons. The molecule has 0 bridgehead atoms. The average molecular weight is 399 g/mol. The minimum absolute atomic E-state index is 0.102. The van der Waals surface area contributed by atoms with E-state index in [2.05, 4.69) is 19.1 Å². The van der Waals surface area contributed by atoms with E-state index in [4.69, 9.17) is 0 Å². The van der Waals surface area contributed by atoms with Gasteiger partial charge in [-0.1, -0.05) is 30.3 Å². The van der Waals surface area contributed by atoms with Crippen LogP contribution in [0.25, 0.3) is 0 Å². The monoisotopic (exact) mass is 399 g/mol. The molecule has 0 spiro atoms. The van der Waals surface area contributed by atoms with Crippen molar-refractivity contribution in [2.45, 2.75) is 24.0 Å². The second kappa shape index (κ2) is 7.61. The van der Waals surface area contributed by atoms with Crippen LogP contribution in [-0.4, -0.2) is 38.9 Å². The summed E-state index contributed by atoms with van der Waals surface area (Å²) in [5.41, 5.74) is 0.346. The summed E-state index contributed by atoms with van der Waals surface area (Å²) in [6.07, 6.45) is -4.48. The van der Waals surface area contributed by atoms with Gasteiger partial charge >= 0.3 is 6.18 Å². The van der Waals surface area contributed by atoms with Gasteiger partial charge in [0.15, 0.2) is 0 Å². The van der Waals surface area contributed by atoms with Gasteiger partial charge in [-0.05, 0) is 31.2 Å². The second-order valence-electron chi connectivity index (χ2n) is 6.72. The highest BCUT2D eigenvalue weighted by atomic mass is 32.2. The second-order valence-corrected chi connectivity index (χ2v) is 8.65. The van der Waals surface area contributed by atoms with E-state index in [0.717, 1.165) is 24.3 Å². The van der Waals surface area contributed by atoms with E-state index in [1.54, 1.807) is 0 Å². The van der Waals surface area contributed by atoms with Crippen molar-refractivity contribution in [2.75, 3.05) is 26.2 Å². The molecule has 0 amide bonds. The number of halogens is 3. The Morgan fingerprint density at radius 2 is 1.52 bits per heavy atom. The molecule has 1 heterocycles. The normalized spacial score (nSPS) is 18.4. The number of sulfonamides is 1. The van der Waals surface area contributed by atoms with Crippen LogP contribution in [0.1, 0.15) is 24.1 Å². The van der Waals surface area contributed by atoms with Crippen LogP contribution in [0.3, 0.4) is 0 Å². The molecule has 1 atom stereocenters. The number of alkyl halides is 3. The fourth-order valence-corrected chi connectivity index (χ4v) is 4.83. The van der Waals surface area contributed by atoms with Gasteiger partial charge in [0.05, 0.1) is 36.6 Å². The van der Waals surface area contributed by atoms with Crippen molar-refractivity contribution < 1.29 is 26.5 Å². The fraction of sp³-hybridized carbons (Fsp3) is 0.368. The Balaban J connectivity index is 1.68. The van der Waals surface area contributed by atoms with Crippen molar-refractivity contribution in [3.63, 3.8) is 0 Å². The highest BCUT2D eigenvalue weighted by molar-refractivity contribution is 7.89. The summed E-state index contributed by atoms with van der Waals surface area (Å²) in [4.78, 5) is 1.19. The number of rotatable bonds is 4. The summed E-state index contributed by atoms with van der Waals surface area (Å²) >= 11 is 0. The van der Waals surface area contributed by atoms with Gasteiger partial charge < -0.3 is 4.90 Å². The number of quaternary nitrogens is 1. The van der Waals surface area contributed by atoms with Crippen molar-refractivity contribution in [1.29, 1.82) is 0 Å². The highest BCUT2D eigenvalue weighted by Gasteiger charge is 2.34. The first kappa shape index (κ1) is 19.9. The van der Waals surface area contributed by atoms with Crippen LogP contribution in [0.5, 0.6) is 0 Å². The Bertz CT molecular complexity index is 860. The van der Waals surface area contributed by atoms with E-state index in [0.29, 0.717) is 26.2 Å². The highest BCUT2D eigenvalue weighted by Crippen LogP contribution is 2.30. The van der Waals surface area contributed by atoms with Gasteiger partial charge in [0.25, 0.3) is 0 Å². The minimum atomic E-state index is -4.48. The molecule has 3 rings (SSSR count). The van der Waals surface area contributed by atoms with Crippen LogP contribution in [0.4, 0.5) is 13.2 Å². The van der Waals surface area contributed by atoms with Gasteiger partial charge in [0.2, 0.25) is 10.0 Å². The maximum Gasteiger partial charge on any atom is 0.416 e. The number of hydrogen-bond donors (Lipinski definition) is 1. The van der Waals surface area contributed by atoms with Gasteiger partial charge in [-0.25, -0.2) is 8.42 Å². The van der Waals surface area contributed by atoms with E-state index in [1.807, 2.05) is 18.2 Å². The lowest BCUT2D eigenvalue weighted by Crippen LogP contribution is -3.14. The van der Waals surface area contributed by atoms with Crippen molar-refractivity contribution in [1.82, 2.24) is 4.31 Å². The molecule has 2 aromatic rings. The quantitative estimate of drug-likeness (QED) is 0.858. The van der Waals surface area contributed by atoms with Crippen LogP contribution in [0.2, 0.25) is 0 Å². The smallest absolute Gasteiger partial charge is 0.327 e. The Kier molecular flexibility index (Phi) is 5.60. The van der Waals surface area contributed by atoms with Crippen molar-refractivity contribution in [3.8, 4) is 0 Å². The SMILES string of the molecule is C[C@H](c1ccccc1)[NH+]1CCN(S(=O)(=O)c2ccc(C(F)(F)F)cc2)CC1. The molecule has 1 aliphatic rings. The van der Waals surface area contributed by atoms with Crippen LogP contribution in [0, 0.1) is 0 Å². The molecule has 1 saturated heterocycles. The van der Waals surface area contributed by atoms with Crippen molar-refractivity contribution >= 4 is 10.0 Å². The number of benzene rings is 2. The molecular weight excluding hydrogens is 377 g/mol. The molecule has 1 fully saturated rings. The summed E-state index contributed by atoms with van der Waals surface area (Å²) in [6, 6.07) is 14.0. The lowest BCUT2D eigenvalue weighted by Gasteiger charge is -2.35. The van der Waals surface area contributed by atoms with E-state index in [1.165, 1.54) is 14.8 Å². The van der Waals surface area contributed by atoms with Crippen molar-refractivity contribution in [2.24, 2.45) is 0 Å². The zero-order valence-electron chi connectivity index (χ0n) is 14.9. The van der Waals surface area contributed by atoms with Gasteiger partial charge in [-0.2, -0.15) is 17.5 Å². The first-order valence-corrected chi connectivity index (χ1v) is 10.2. The molecule has 0 aromatic heterocycles. The summed E-state index contributed by atoms with van der Waals surface area (Å²) in [5, 5.41) is 0. The van der Waals surface area contributed by atoms with E-state index in [-0.39, 0.29) is 10.9 Å². The molecule has 0 aliphatic carbocycles. The maximum atomic E-state index is 12.7. The molecule has 0 unspecified atom stereocenters. The Hall–Kier alpha value is -1.90. The number of nitrogens with one attached hydrogen (secondary N) is 1. The van der Waals surface area contributed by atoms with Crippen LogP contribution in [0.15, 0.2) is 59.5 Å². The number of hydrogen-bond acceptors (Lipinski definition) is 2. The standard InChI is InChI=1S/C19H21F3N2O2S/c1-15(16-5-3-2-4-6-16)23-11-13-24(14-12-23)27(25,26)18-9-7-17(8-10-18)19(20,21)22/h2-10,15H,11-14H2,1H3/p+1/t15-/m1/s1. The van der Waals surface area contributed by atoms with E-state index in [9.17, 15) is 21.6 Å². The lowest BCUT2D eigenvalue weighted by atomic mass is 10.1. The minimum Gasteiger partial charge on any atom is -0.327 e. The van der Waals surface area contributed by atoms with Crippen LogP contribution >= 0.6 is 0 Å². The molecule has 0 saturated carbocycles. The Labute approximate surface area is 157 Å². The summed E-state index contributed by atoms with van der Waals surface area (Å²) in [5.74, 6) is 0. The number of nitrogens with zero attached hydrogens (tertiary/aromatic N) is 1. The third-order valence-electron chi connectivity index (χ3n) is 5.10. The van der Waals surface area contributed by atoms with Gasteiger partial charge in [-0.3, -0.25) is 0 Å². The molecule has 2 aromatic carbocycles. The molecule has 8 heteroatoms. The number of piperazine rings is 1. The Morgan fingerprint density at radius 1 is 0.963 bits per heavy atom. The predicted molar refractivity (Wildman–Crippen MR) is 95.8 cm³/mol. The summed E-state index contributed by atoms with van der Waals surface area (Å²) in [6.45, 7) is 4.10. The van der Waals surface area contributed by atoms with Gasteiger partial charge in [-0.15, -0.1) is 0 Å². The molecule has 4 nitrogen and oxygen atoms in total. The van der Waals surface area contributed by atoms with Crippen LogP contribution in [-0.2, 0) is 16.2 Å². The third kappa shape index (κ3) is 4.34. The maximum absolute atomic E-state index is 12.7. The molecular formula is C19H22F3N2O2S+. The van der Waals surface area contributed by atoms with Gasteiger partial charge in [0.1, 0.15) is 6.04 Å².